The van der Waals surface area contributed by atoms with Gasteiger partial charge in [-0.25, -0.2) is 0 Å². The summed E-state index contributed by atoms with van der Waals surface area (Å²) >= 11 is 1.72. The summed E-state index contributed by atoms with van der Waals surface area (Å²) in [6, 6.07) is 19.4. The summed E-state index contributed by atoms with van der Waals surface area (Å²) in [4.78, 5) is 11.9. The van der Waals surface area contributed by atoms with Gasteiger partial charge in [-0.2, -0.15) is 0 Å². The maximum Gasteiger partial charge on any atom is 0.253 e. The highest BCUT2D eigenvalue weighted by Crippen LogP contribution is 2.35. The van der Waals surface area contributed by atoms with Crippen molar-refractivity contribution in [1.82, 2.24) is 10.6 Å². The van der Waals surface area contributed by atoms with Crippen molar-refractivity contribution in [3.05, 3.63) is 71.8 Å². The van der Waals surface area contributed by atoms with Gasteiger partial charge in [-0.3, -0.25) is 10.1 Å². The van der Waals surface area contributed by atoms with Crippen molar-refractivity contribution in [2.75, 3.05) is 12.3 Å². The molecule has 1 amide bonds. The summed E-state index contributed by atoms with van der Waals surface area (Å²) in [5.41, 5.74) is 1.75. The fourth-order valence-electron chi connectivity index (χ4n) is 2.31. The molecule has 1 heterocycles. The minimum atomic E-state index is -0.520. The summed E-state index contributed by atoms with van der Waals surface area (Å²) in [5.74, 6) is 0.917. The van der Waals surface area contributed by atoms with E-state index in [1.165, 1.54) is 0 Å². The van der Waals surface area contributed by atoms with Crippen LogP contribution in [0.2, 0.25) is 0 Å². The molecule has 1 aliphatic rings. The van der Waals surface area contributed by atoms with Gasteiger partial charge in [0.15, 0.2) is 4.99 Å². The van der Waals surface area contributed by atoms with Gasteiger partial charge in [0.25, 0.3) is 5.91 Å². The maximum atomic E-state index is 12.4. The first kappa shape index (κ1) is 13.2. The first-order valence-electron chi connectivity index (χ1n) is 6.62. The van der Waals surface area contributed by atoms with Gasteiger partial charge >= 0.3 is 0 Å². The fourth-order valence-corrected chi connectivity index (χ4v) is 3.50. The van der Waals surface area contributed by atoms with Crippen LogP contribution in [0.3, 0.4) is 0 Å². The molecular weight excluding hydrogens is 268 g/mol. The molecule has 3 rings (SSSR count). The molecule has 2 aromatic rings. The summed E-state index contributed by atoms with van der Waals surface area (Å²) in [6.07, 6.45) is 0. The zero-order chi connectivity index (χ0) is 13.8. The lowest BCUT2D eigenvalue weighted by Gasteiger charge is -2.30. The Morgan fingerprint density at radius 1 is 1.05 bits per heavy atom. The van der Waals surface area contributed by atoms with Crippen LogP contribution in [0.5, 0.6) is 0 Å². The Kier molecular flexibility index (Phi) is 3.76. The minimum absolute atomic E-state index is 0.0589. The average molecular weight is 284 g/mol. The lowest BCUT2D eigenvalue weighted by atomic mass is 10.1. The molecule has 1 unspecified atom stereocenters. The van der Waals surface area contributed by atoms with Crippen LogP contribution >= 0.6 is 11.8 Å². The van der Waals surface area contributed by atoms with E-state index in [4.69, 9.17) is 0 Å². The molecule has 0 bridgehead atoms. The van der Waals surface area contributed by atoms with Crippen LogP contribution in [0.4, 0.5) is 0 Å². The van der Waals surface area contributed by atoms with Gasteiger partial charge in [0.1, 0.15) is 0 Å². The number of nitrogens with one attached hydrogen (secondary N) is 2. The number of carbonyl (C=O) groups excluding carboxylic acids is 1. The fraction of sp³-hybridized carbons (Fsp3) is 0.188. The predicted molar refractivity (Wildman–Crippen MR) is 82.5 cm³/mol. The van der Waals surface area contributed by atoms with Crippen molar-refractivity contribution in [2.24, 2.45) is 0 Å². The lowest BCUT2D eigenvalue weighted by Crippen LogP contribution is -2.50. The van der Waals surface area contributed by atoms with E-state index in [-0.39, 0.29) is 5.91 Å². The highest BCUT2D eigenvalue weighted by molar-refractivity contribution is 8.00. The van der Waals surface area contributed by atoms with Crippen LogP contribution in [-0.4, -0.2) is 18.2 Å². The number of benzene rings is 2. The molecule has 1 saturated heterocycles. The second-order valence-electron chi connectivity index (χ2n) is 4.64. The average Bonchev–Trinajstić information content (AvgIpc) is 2.99. The van der Waals surface area contributed by atoms with Gasteiger partial charge in [-0.15, -0.1) is 11.8 Å². The Balaban J connectivity index is 1.87. The normalized spacial score (nSPS) is 21.6. The Morgan fingerprint density at radius 3 is 2.30 bits per heavy atom. The molecule has 0 aliphatic carbocycles. The molecule has 2 aromatic carbocycles. The second-order valence-corrected chi connectivity index (χ2v) is 5.95. The molecule has 0 aromatic heterocycles. The number of hydrogen-bond donors (Lipinski definition) is 2. The van der Waals surface area contributed by atoms with Crippen molar-refractivity contribution >= 4 is 17.7 Å². The first-order chi connectivity index (χ1) is 9.80. The standard InChI is InChI=1S/C16H16N2OS/c19-15(13-7-3-1-4-8-13)18-16(17-11-12-20-16)14-9-5-2-6-10-14/h1-10,17H,11-12H2,(H,18,19). The Hall–Kier alpha value is -1.78. The van der Waals surface area contributed by atoms with Gasteiger partial charge in [0, 0.05) is 23.4 Å². The van der Waals surface area contributed by atoms with E-state index in [9.17, 15) is 4.79 Å². The van der Waals surface area contributed by atoms with Crippen molar-refractivity contribution < 1.29 is 4.79 Å². The van der Waals surface area contributed by atoms with Crippen LogP contribution < -0.4 is 10.6 Å². The highest BCUT2D eigenvalue weighted by Gasteiger charge is 2.37. The molecule has 102 valence electrons. The van der Waals surface area contributed by atoms with Crippen molar-refractivity contribution in [3.63, 3.8) is 0 Å². The van der Waals surface area contributed by atoms with Gasteiger partial charge in [0.2, 0.25) is 0 Å². The Labute approximate surface area is 122 Å². The van der Waals surface area contributed by atoms with E-state index in [0.717, 1.165) is 17.9 Å². The topological polar surface area (TPSA) is 41.1 Å². The Bertz CT molecular complexity index is 580. The second kappa shape index (κ2) is 5.69. The molecule has 4 heteroatoms. The van der Waals surface area contributed by atoms with Crippen LogP contribution in [0.25, 0.3) is 0 Å². The van der Waals surface area contributed by atoms with Crippen molar-refractivity contribution in [2.45, 2.75) is 4.99 Å². The van der Waals surface area contributed by atoms with Gasteiger partial charge in [0.05, 0.1) is 0 Å². The van der Waals surface area contributed by atoms with E-state index in [1.807, 2.05) is 60.7 Å². The van der Waals surface area contributed by atoms with Crippen LogP contribution in [0, 0.1) is 0 Å². The molecule has 20 heavy (non-hydrogen) atoms. The zero-order valence-corrected chi connectivity index (χ0v) is 11.8. The van der Waals surface area contributed by atoms with E-state index in [2.05, 4.69) is 10.6 Å². The summed E-state index contributed by atoms with van der Waals surface area (Å²) in [7, 11) is 0. The third-order valence-electron chi connectivity index (χ3n) is 3.30. The largest absolute Gasteiger partial charge is 0.321 e. The molecular formula is C16H16N2OS. The number of hydrogen-bond acceptors (Lipinski definition) is 3. The monoisotopic (exact) mass is 284 g/mol. The van der Waals surface area contributed by atoms with E-state index < -0.39 is 4.99 Å². The molecule has 0 saturated carbocycles. The number of amides is 1. The van der Waals surface area contributed by atoms with Crippen molar-refractivity contribution in [3.8, 4) is 0 Å². The highest BCUT2D eigenvalue weighted by atomic mass is 32.2. The molecule has 3 nitrogen and oxygen atoms in total. The van der Waals surface area contributed by atoms with E-state index in [0.29, 0.717) is 5.56 Å². The van der Waals surface area contributed by atoms with Crippen LogP contribution in [-0.2, 0) is 4.99 Å². The third-order valence-corrected chi connectivity index (χ3v) is 4.62. The van der Waals surface area contributed by atoms with Crippen molar-refractivity contribution in [1.29, 1.82) is 0 Å². The van der Waals surface area contributed by atoms with E-state index in [1.54, 1.807) is 11.8 Å². The molecule has 1 atom stereocenters. The first-order valence-corrected chi connectivity index (χ1v) is 7.61. The zero-order valence-electron chi connectivity index (χ0n) is 11.0. The smallest absolute Gasteiger partial charge is 0.253 e. The SMILES string of the molecule is O=C(NC1(c2ccccc2)NCCS1)c1ccccc1. The maximum absolute atomic E-state index is 12.4. The molecule has 0 spiro atoms. The van der Waals surface area contributed by atoms with Gasteiger partial charge in [-0.05, 0) is 12.1 Å². The predicted octanol–water partition coefficient (Wildman–Crippen LogP) is 2.56. The Morgan fingerprint density at radius 2 is 1.70 bits per heavy atom. The number of thioether (sulfide) groups is 1. The lowest BCUT2D eigenvalue weighted by molar-refractivity contribution is 0.0921. The molecule has 2 N–H and O–H groups in total. The summed E-state index contributed by atoms with van der Waals surface area (Å²) in [5, 5.41) is 6.56. The molecule has 0 radical (unpaired) electrons. The number of carbonyl (C=O) groups is 1. The summed E-state index contributed by atoms with van der Waals surface area (Å²) in [6.45, 7) is 0.884. The quantitative estimate of drug-likeness (QED) is 0.910. The van der Waals surface area contributed by atoms with Gasteiger partial charge < -0.3 is 5.32 Å². The van der Waals surface area contributed by atoms with Gasteiger partial charge in [-0.1, -0.05) is 48.5 Å². The van der Waals surface area contributed by atoms with Crippen LogP contribution in [0.15, 0.2) is 60.7 Å². The number of rotatable bonds is 3. The van der Waals surface area contributed by atoms with Crippen LogP contribution in [0.1, 0.15) is 15.9 Å². The van der Waals surface area contributed by atoms with E-state index >= 15 is 0 Å². The third kappa shape index (κ3) is 2.57. The summed E-state index contributed by atoms with van der Waals surface area (Å²) < 4.78 is 0. The molecule has 1 aliphatic heterocycles. The minimum Gasteiger partial charge on any atom is -0.321 e. The molecule has 1 fully saturated rings.